The van der Waals surface area contributed by atoms with E-state index in [0.717, 1.165) is 0 Å². The zero-order valence-electron chi connectivity index (χ0n) is 11.2. The number of hydrogen-bond donors (Lipinski definition) is 0. The normalized spacial score (nSPS) is 24.0. The molecule has 0 aromatic carbocycles. The van der Waals surface area contributed by atoms with E-state index in [-0.39, 0.29) is 12.2 Å². The van der Waals surface area contributed by atoms with Crippen molar-refractivity contribution in [1.82, 2.24) is 4.90 Å². The zero-order chi connectivity index (χ0) is 13.3. The Morgan fingerprint density at radius 1 is 1.53 bits per heavy atom. The van der Waals surface area contributed by atoms with Crippen LogP contribution in [0.2, 0.25) is 0 Å². The maximum Gasteiger partial charge on any atom is 0.410 e. The molecular weight excluding hydrogens is 218 g/mol. The van der Waals surface area contributed by atoms with Crippen molar-refractivity contribution in [3.8, 4) is 12.3 Å². The molecule has 4 nitrogen and oxygen atoms in total. The fourth-order valence-corrected chi connectivity index (χ4v) is 1.59. The van der Waals surface area contributed by atoms with Gasteiger partial charge in [-0.2, -0.15) is 0 Å². The van der Waals surface area contributed by atoms with E-state index >= 15 is 0 Å². The summed E-state index contributed by atoms with van der Waals surface area (Å²) in [6, 6.07) is 0. The lowest BCUT2D eigenvalue weighted by Crippen LogP contribution is -2.59. The Morgan fingerprint density at radius 3 is 2.59 bits per heavy atom. The third kappa shape index (κ3) is 3.64. The molecule has 1 atom stereocenters. The Balaban J connectivity index is 2.78. The fourth-order valence-electron chi connectivity index (χ4n) is 1.59. The van der Waals surface area contributed by atoms with Crippen molar-refractivity contribution in [2.24, 2.45) is 0 Å². The second-order valence-electron chi connectivity index (χ2n) is 5.87. The standard InChI is InChI=1S/C13H21NO3/c1-7-10-8-14(13(5,6)9-16-10)11(15)17-12(2,3)4/h1,10H,8-9H2,2-6H3. The van der Waals surface area contributed by atoms with Crippen LogP contribution in [0.3, 0.4) is 0 Å². The Kier molecular flexibility index (Phi) is 3.73. The van der Waals surface area contributed by atoms with Gasteiger partial charge in [0.05, 0.1) is 18.7 Å². The van der Waals surface area contributed by atoms with E-state index in [1.165, 1.54) is 0 Å². The van der Waals surface area contributed by atoms with Gasteiger partial charge in [-0.25, -0.2) is 4.79 Å². The third-order valence-electron chi connectivity index (χ3n) is 2.52. The topological polar surface area (TPSA) is 38.8 Å². The first kappa shape index (κ1) is 13.9. The number of morpholine rings is 1. The van der Waals surface area contributed by atoms with E-state index in [1.807, 2.05) is 34.6 Å². The summed E-state index contributed by atoms with van der Waals surface area (Å²) in [7, 11) is 0. The number of hydrogen-bond acceptors (Lipinski definition) is 3. The van der Waals surface area contributed by atoms with Gasteiger partial charge in [-0.15, -0.1) is 6.42 Å². The Labute approximate surface area is 103 Å². The van der Waals surface area contributed by atoms with E-state index in [2.05, 4.69) is 5.92 Å². The molecule has 0 aromatic rings. The molecule has 0 saturated carbocycles. The predicted molar refractivity (Wildman–Crippen MR) is 65.6 cm³/mol. The van der Waals surface area contributed by atoms with E-state index in [4.69, 9.17) is 15.9 Å². The van der Waals surface area contributed by atoms with E-state index in [9.17, 15) is 4.79 Å². The zero-order valence-corrected chi connectivity index (χ0v) is 11.2. The monoisotopic (exact) mass is 239 g/mol. The summed E-state index contributed by atoms with van der Waals surface area (Å²) in [4.78, 5) is 13.7. The number of rotatable bonds is 0. The highest BCUT2D eigenvalue weighted by molar-refractivity contribution is 5.69. The molecule has 1 aliphatic rings. The number of nitrogens with zero attached hydrogens (tertiary/aromatic N) is 1. The van der Waals surface area contributed by atoms with Crippen LogP contribution < -0.4 is 0 Å². The number of amides is 1. The predicted octanol–water partition coefficient (Wildman–Crippen LogP) is 2.03. The molecule has 1 heterocycles. The molecule has 1 unspecified atom stereocenters. The summed E-state index contributed by atoms with van der Waals surface area (Å²) in [6.07, 6.45) is 4.63. The highest BCUT2D eigenvalue weighted by Gasteiger charge is 2.39. The summed E-state index contributed by atoms with van der Waals surface area (Å²) in [5.74, 6) is 2.52. The molecule has 1 saturated heterocycles. The van der Waals surface area contributed by atoms with Crippen molar-refractivity contribution >= 4 is 6.09 Å². The molecule has 17 heavy (non-hydrogen) atoms. The van der Waals surface area contributed by atoms with Gasteiger partial charge in [0.25, 0.3) is 0 Å². The second kappa shape index (κ2) is 4.58. The maximum absolute atomic E-state index is 12.1. The van der Waals surface area contributed by atoms with Crippen molar-refractivity contribution in [2.45, 2.75) is 51.9 Å². The van der Waals surface area contributed by atoms with E-state index < -0.39 is 11.1 Å². The molecule has 0 spiro atoms. The second-order valence-corrected chi connectivity index (χ2v) is 5.87. The first-order valence-electron chi connectivity index (χ1n) is 5.74. The van der Waals surface area contributed by atoms with Crippen LogP contribution in [0.4, 0.5) is 4.79 Å². The average Bonchev–Trinajstić information content (AvgIpc) is 2.14. The Morgan fingerprint density at radius 2 is 2.12 bits per heavy atom. The number of ether oxygens (including phenoxy) is 2. The minimum absolute atomic E-state index is 0.342. The van der Waals surface area contributed by atoms with Gasteiger partial charge in [-0.3, -0.25) is 4.90 Å². The number of terminal acetylenes is 1. The van der Waals surface area contributed by atoms with Gasteiger partial charge in [-0.1, -0.05) is 5.92 Å². The summed E-state index contributed by atoms with van der Waals surface area (Å²) in [6.45, 7) is 10.2. The molecule has 0 aliphatic carbocycles. The molecule has 0 radical (unpaired) electrons. The average molecular weight is 239 g/mol. The largest absolute Gasteiger partial charge is 0.444 e. The van der Waals surface area contributed by atoms with Crippen LogP contribution >= 0.6 is 0 Å². The summed E-state index contributed by atoms with van der Waals surface area (Å²) in [5.41, 5.74) is -0.896. The minimum atomic E-state index is -0.503. The Bertz CT molecular complexity index is 336. The van der Waals surface area contributed by atoms with Crippen LogP contribution in [0, 0.1) is 12.3 Å². The van der Waals surface area contributed by atoms with Crippen LogP contribution in [-0.2, 0) is 9.47 Å². The molecule has 4 heteroatoms. The summed E-state index contributed by atoms with van der Waals surface area (Å²) >= 11 is 0. The molecule has 0 bridgehead atoms. The third-order valence-corrected chi connectivity index (χ3v) is 2.52. The lowest BCUT2D eigenvalue weighted by Gasteiger charge is -2.44. The van der Waals surface area contributed by atoms with Gasteiger partial charge in [0, 0.05) is 0 Å². The molecule has 96 valence electrons. The van der Waals surface area contributed by atoms with E-state index in [1.54, 1.807) is 4.90 Å². The maximum atomic E-state index is 12.1. The Hall–Kier alpha value is -1.21. The van der Waals surface area contributed by atoms with Crippen molar-refractivity contribution in [1.29, 1.82) is 0 Å². The van der Waals surface area contributed by atoms with Crippen molar-refractivity contribution < 1.29 is 14.3 Å². The lowest BCUT2D eigenvalue weighted by atomic mass is 10.0. The minimum Gasteiger partial charge on any atom is -0.444 e. The molecule has 0 N–H and O–H groups in total. The highest BCUT2D eigenvalue weighted by Crippen LogP contribution is 2.24. The highest BCUT2D eigenvalue weighted by atomic mass is 16.6. The summed E-state index contributed by atoms with van der Waals surface area (Å²) in [5, 5.41) is 0. The number of carbonyl (C=O) groups excluding carboxylic acids is 1. The van der Waals surface area contributed by atoms with Crippen LogP contribution in [0.1, 0.15) is 34.6 Å². The summed E-state index contributed by atoms with van der Waals surface area (Å²) < 4.78 is 10.8. The first-order valence-corrected chi connectivity index (χ1v) is 5.74. The number of carbonyl (C=O) groups is 1. The van der Waals surface area contributed by atoms with Gasteiger partial charge in [0.1, 0.15) is 11.7 Å². The first-order chi connectivity index (χ1) is 7.65. The molecular formula is C13H21NO3. The van der Waals surface area contributed by atoms with Crippen molar-refractivity contribution in [3.63, 3.8) is 0 Å². The van der Waals surface area contributed by atoms with Crippen LogP contribution in [-0.4, -0.2) is 41.4 Å². The SMILES string of the molecule is C#CC1CN(C(=O)OC(C)(C)C)C(C)(C)CO1. The van der Waals surface area contributed by atoms with Gasteiger partial charge < -0.3 is 9.47 Å². The fraction of sp³-hybridized carbons (Fsp3) is 0.769. The van der Waals surface area contributed by atoms with Crippen LogP contribution in [0.25, 0.3) is 0 Å². The van der Waals surface area contributed by atoms with Gasteiger partial charge >= 0.3 is 6.09 Å². The molecule has 1 fully saturated rings. The molecule has 1 rings (SSSR count). The van der Waals surface area contributed by atoms with Crippen molar-refractivity contribution in [2.75, 3.05) is 13.2 Å². The van der Waals surface area contributed by atoms with Crippen LogP contribution in [0.5, 0.6) is 0 Å². The van der Waals surface area contributed by atoms with Crippen molar-refractivity contribution in [3.05, 3.63) is 0 Å². The quantitative estimate of drug-likeness (QED) is 0.607. The van der Waals surface area contributed by atoms with Crippen LogP contribution in [0.15, 0.2) is 0 Å². The molecule has 1 amide bonds. The van der Waals surface area contributed by atoms with Gasteiger partial charge in [-0.05, 0) is 34.6 Å². The molecule has 1 aliphatic heterocycles. The molecule has 0 aromatic heterocycles. The smallest absolute Gasteiger partial charge is 0.410 e. The van der Waals surface area contributed by atoms with Gasteiger partial charge in [0.15, 0.2) is 0 Å². The van der Waals surface area contributed by atoms with E-state index in [0.29, 0.717) is 13.2 Å². The lowest BCUT2D eigenvalue weighted by molar-refractivity contribution is -0.0810. The van der Waals surface area contributed by atoms with Gasteiger partial charge in [0.2, 0.25) is 0 Å².